The average molecular weight is 333 g/mol. The van der Waals surface area contributed by atoms with Crippen LogP contribution in [-0.4, -0.2) is 52.8 Å². The number of rotatable bonds is 4. The summed E-state index contributed by atoms with van der Waals surface area (Å²) in [6, 6.07) is 4.13. The molecule has 1 unspecified atom stereocenters. The number of nitrogens with one attached hydrogen (secondary N) is 1. The molecule has 1 saturated heterocycles. The molecule has 21 heavy (non-hydrogen) atoms. The zero-order valence-corrected chi connectivity index (χ0v) is 13.5. The topological polar surface area (TPSA) is 110 Å². The van der Waals surface area contributed by atoms with Crippen molar-refractivity contribution in [3.8, 4) is 0 Å². The van der Waals surface area contributed by atoms with Crippen molar-refractivity contribution in [2.24, 2.45) is 0 Å². The van der Waals surface area contributed by atoms with E-state index in [1.807, 2.05) is 0 Å². The zero-order valence-electron chi connectivity index (χ0n) is 11.9. The number of nitrogen functional groups attached to an aromatic ring is 1. The second kappa shape index (κ2) is 5.47. The van der Waals surface area contributed by atoms with Gasteiger partial charge in [0.25, 0.3) is 0 Å². The Kier molecular flexibility index (Phi) is 4.18. The Morgan fingerprint density at radius 2 is 2.00 bits per heavy atom. The number of sulfone groups is 1. The first kappa shape index (κ1) is 16.1. The van der Waals surface area contributed by atoms with Crippen LogP contribution in [0.2, 0.25) is 0 Å². The van der Waals surface area contributed by atoms with E-state index in [-0.39, 0.29) is 22.4 Å². The third-order valence-electron chi connectivity index (χ3n) is 3.40. The number of hydrogen-bond donors (Lipinski definition) is 2. The molecule has 0 aromatic heterocycles. The summed E-state index contributed by atoms with van der Waals surface area (Å²) in [5.74, 6) is 0.178. The number of nitrogens with two attached hydrogens (primary N) is 1. The standard InChI is InChI=1S/C12H19N3O4S2/c1-15(2)21(18,19)10-3-4-11(13)12(7-10)14-9-5-6-20(16,17)8-9/h3-4,7,9,14H,5-6,8,13H2,1-2H3. The summed E-state index contributed by atoms with van der Waals surface area (Å²) in [4.78, 5) is 0.116. The predicted octanol–water partition coefficient (Wildman–Crippen LogP) is 0.118. The van der Waals surface area contributed by atoms with E-state index >= 15 is 0 Å². The van der Waals surface area contributed by atoms with Gasteiger partial charge in [-0.3, -0.25) is 0 Å². The SMILES string of the molecule is CN(C)S(=O)(=O)c1ccc(N)c(NC2CCS(=O)(=O)C2)c1. The lowest BCUT2D eigenvalue weighted by molar-refractivity contribution is 0.521. The van der Waals surface area contributed by atoms with E-state index in [1.54, 1.807) is 0 Å². The summed E-state index contributed by atoms with van der Waals surface area (Å²) in [5, 5.41) is 3.03. The van der Waals surface area contributed by atoms with Gasteiger partial charge < -0.3 is 11.1 Å². The lowest BCUT2D eigenvalue weighted by Crippen LogP contribution is -2.24. The molecule has 0 radical (unpaired) electrons. The number of nitrogens with zero attached hydrogens (tertiary/aromatic N) is 1. The Bertz CT molecular complexity index is 742. The predicted molar refractivity (Wildman–Crippen MR) is 82.4 cm³/mol. The van der Waals surface area contributed by atoms with Crippen LogP contribution in [0.25, 0.3) is 0 Å². The van der Waals surface area contributed by atoms with Crippen LogP contribution in [0.1, 0.15) is 6.42 Å². The minimum Gasteiger partial charge on any atom is -0.397 e. The van der Waals surface area contributed by atoms with E-state index < -0.39 is 19.9 Å². The first-order valence-electron chi connectivity index (χ1n) is 6.41. The molecular weight excluding hydrogens is 314 g/mol. The van der Waals surface area contributed by atoms with Crippen LogP contribution in [0.3, 0.4) is 0 Å². The Hall–Kier alpha value is -1.32. The highest BCUT2D eigenvalue weighted by Gasteiger charge is 2.28. The Balaban J connectivity index is 2.29. The molecular formula is C12H19N3O4S2. The van der Waals surface area contributed by atoms with E-state index in [1.165, 1.54) is 32.3 Å². The quantitative estimate of drug-likeness (QED) is 0.757. The van der Waals surface area contributed by atoms with Crippen LogP contribution in [-0.2, 0) is 19.9 Å². The van der Waals surface area contributed by atoms with Crippen LogP contribution in [0, 0.1) is 0 Å². The molecule has 9 heteroatoms. The molecule has 1 heterocycles. The summed E-state index contributed by atoms with van der Waals surface area (Å²) in [5.41, 5.74) is 6.66. The van der Waals surface area contributed by atoms with Crippen molar-refractivity contribution in [3.05, 3.63) is 18.2 Å². The summed E-state index contributed by atoms with van der Waals surface area (Å²) in [7, 11) is -3.67. The highest BCUT2D eigenvalue weighted by Crippen LogP contribution is 2.26. The summed E-state index contributed by atoms with van der Waals surface area (Å²) >= 11 is 0. The van der Waals surface area contributed by atoms with Gasteiger partial charge in [0, 0.05) is 20.1 Å². The monoisotopic (exact) mass is 333 g/mol. The molecule has 1 aliphatic rings. The van der Waals surface area contributed by atoms with E-state index in [2.05, 4.69) is 5.32 Å². The maximum atomic E-state index is 12.1. The fraction of sp³-hybridized carbons (Fsp3) is 0.500. The highest BCUT2D eigenvalue weighted by molar-refractivity contribution is 7.91. The van der Waals surface area contributed by atoms with Crippen molar-refractivity contribution < 1.29 is 16.8 Å². The molecule has 2 rings (SSSR count). The van der Waals surface area contributed by atoms with Crippen molar-refractivity contribution in [2.45, 2.75) is 17.4 Å². The fourth-order valence-electron chi connectivity index (χ4n) is 2.16. The van der Waals surface area contributed by atoms with Gasteiger partial charge in [-0.25, -0.2) is 21.1 Å². The molecule has 1 aliphatic heterocycles. The minimum atomic E-state index is -3.55. The molecule has 118 valence electrons. The largest absolute Gasteiger partial charge is 0.397 e. The number of hydrogen-bond acceptors (Lipinski definition) is 6. The molecule has 0 saturated carbocycles. The van der Waals surface area contributed by atoms with E-state index in [4.69, 9.17) is 5.73 Å². The molecule has 1 fully saturated rings. The summed E-state index contributed by atoms with van der Waals surface area (Å²) in [6.07, 6.45) is 0.492. The smallest absolute Gasteiger partial charge is 0.242 e. The van der Waals surface area contributed by atoms with Gasteiger partial charge in [0.2, 0.25) is 10.0 Å². The Labute approximate surface area is 125 Å². The Morgan fingerprint density at radius 1 is 1.33 bits per heavy atom. The molecule has 3 N–H and O–H groups in total. The van der Waals surface area contributed by atoms with Gasteiger partial charge in [0.05, 0.1) is 27.8 Å². The number of benzene rings is 1. The van der Waals surface area contributed by atoms with Crippen LogP contribution in [0.4, 0.5) is 11.4 Å². The highest BCUT2D eigenvalue weighted by atomic mass is 32.2. The van der Waals surface area contributed by atoms with E-state index in [0.29, 0.717) is 17.8 Å². The third-order valence-corrected chi connectivity index (χ3v) is 6.97. The van der Waals surface area contributed by atoms with Gasteiger partial charge >= 0.3 is 0 Å². The van der Waals surface area contributed by atoms with Gasteiger partial charge in [0.15, 0.2) is 9.84 Å². The van der Waals surface area contributed by atoms with Crippen LogP contribution in [0.15, 0.2) is 23.1 Å². The van der Waals surface area contributed by atoms with Gasteiger partial charge in [-0.2, -0.15) is 0 Å². The number of anilines is 2. The van der Waals surface area contributed by atoms with Crippen LogP contribution >= 0.6 is 0 Å². The van der Waals surface area contributed by atoms with Gasteiger partial charge in [-0.1, -0.05) is 0 Å². The van der Waals surface area contributed by atoms with Crippen molar-refractivity contribution in [2.75, 3.05) is 36.7 Å². The third kappa shape index (κ3) is 3.47. The molecule has 1 aromatic carbocycles. The van der Waals surface area contributed by atoms with Crippen molar-refractivity contribution in [3.63, 3.8) is 0 Å². The van der Waals surface area contributed by atoms with Gasteiger partial charge in [0.1, 0.15) is 0 Å². The average Bonchev–Trinajstić information content (AvgIpc) is 2.71. The lowest BCUT2D eigenvalue weighted by Gasteiger charge is -2.17. The van der Waals surface area contributed by atoms with Crippen molar-refractivity contribution in [1.82, 2.24) is 4.31 Å². The van der Waals surface area contributed by atoms with Crippen LogP contribution in [0.5, 0.6) is 0 Å². The summed E-state index contributed by atoms with van der Waals surface area (Å²) in [6.45, 7) is 0. The first-order valence-corrected chi connectivity index (χ1v) is 9.67. The molecule has 0 bridgehead atoms. The van der Waals surface area contributed by atoms with Crippen molar-refractivity contribution in [1.29, 1.82) is 0 Å². The molecule has 0 aliphatic carbocycles. The van der Waals surface area contributed by atoms with E-state index in [0.717, 1.165) is 4.31 Å². The second-order valence-corrected chi connectivity index (χ2v) is 9.66. The normalized spacial score (nSPS) is 21.6. The minimum absolute atomic E-state index is 0.0388. The molecule has 7 nitrogen and oxygen atoms in total. The summed E-state index contributed by atoms with van der Waals surface area (Å²) < 4.78 is 48.2. The fourth-order valence-corrected chi connectivity index (χ4v) is 4.76. The Morgan fingerprint density at radius 3 is 2.52 bits per heavy atom. The molecule has 0 amide bonds. The second-order valence-electron chi connectivity index (χ2n) is 5.28. The van der Waals surface area contributed by atoms with Crippen molar-refractivity contribution >= 4 is 31.2 Å². The van der Waals surface area contributed by atoms with E-state index in [9.17, 15) is 16.8 Å². The maximum Gasteiger partial charge on any atom is 0.242 e. The van der Waals surface area contributed by atoms with Gasteiger partial charge in [-0.15, -0.1) is 0 Å². The first-order chi connectivity index (χ1) is 9.62. The molecule has 1 atom stereocenters. The molecule has 1 aromatic rings. The zero-order chi connectivity index (χ0) is 15.8. The van der Waals surface area contributed by atoms with Crippen LogP contribution < -0.4 is 11.1 Å². The number of sulfonamides is 1. The molecule has 0 spiro atoms. The maximum absolute atomic E-state index is 12.1. The van der Waals surface area contributed by atoms with Gasteiger partial charge in [-0.05, 0) is 24.6 Å². The lowest BCUT2D eigenvalue weighted by atomic mass is 10.2.